The van der Waals surface area contributed by atoms with E-state index in [0.717, 1.165) is 0 Å². The summed E-state index contributed by atoms with van der Waals surface area (Å²) >= 11 is 0. The van der Waals surface area contributed by atoms with Crippen molar-refractivity contribution in [3.63, 3.8) is 0 Å². The Balaban J connectivity index is 1.37. The number of hydrogen-bond donors (Lipinski definition) is 2. The molecule has 200 valence electrons. The van der Waals surface area contributed by atoms with Crippen molar-refractivity contribution in [2.45, 2.75) is 0 Å². The number of benzene rings is 4. The van der Waals surface area contributed by atoms with Gasteiger partial charge < -0.3 is 14.8 Å². The van der Waals surface area contributed by atoms with Crippen molar-refractivity contribution >= 4 is 35.4 Å². The lowest BCUT2D eigenvalue weighted by Crippen LogP contribution is -2.18. The van der Waals surface area contributed by atoms with Gasteiger partial charge in [0.1, 0.15) is 0 Å². The van der Waals surface area contributed by atoms with Crippen LogP contribution < -0.4 is 20.2 Å². The highest BCUT2D eigenvalue weighted by Gasteiger charge is 2.15. The number of methoxy groups -OCH3 is 1. The number of nitro groups is 1. The first-order chi connectivity index (χ1) is 19.3. The largest absolute Gasteiger partial charge is 0.493 e. The Kier molecular flexibility index (Phi) is 8.57. The van der Waals surface area contributed by atoms with E-state index in [0.29, 0.717) is 16.8 Å². The molecule has 40 heavy (non-hydrogen) atoms. The molecule has 0 bridgehead atoms. The Morgan fingerprint density at radius 2 is 1.52 bits per heavy atom. The van der Waals surface area contributed by atoms with Gasteiger partial charge in [0.2, 0.25) is 0 Å². The van der Waals surface area contributed by atoms with Crippen LogP contribution in [0.4, 0.5) is 11.4 Å². The number of nitro benzene ring substituents is 1. The van der Waals surface area contributed by atoms with Crippen molar-refractivity contribution in [3.8, 4) is 11.5 Å². The number of anilines is 1. The van der Waals surface area contributed by atoms with Crippen LogP contribution in [-0.2, 0) is 0 Å². The average Bonchev–Trinajstić information content (AvgIpc) is 2.98. The minimum Gasteiger partial charge on any atom is -0.493 e. The number of esters is 1. The van der Waals surface area contributed by atoms with Gasteiger partial charge in [-0.3, -0.25) is 19.7 Å². The van der Waals surface area contributed by atoms with Crippen molar-refractivity contribution in [1.29, 1.82) is 0 Å². The second-order valence-corrected chi connectivity index (χ2v) is 8.20. The maximum absolute atomic E-state index is 12.6. The van der Waals surface area contributed by atoms with E-state index in [1.54, 1.807) is 54.6 Å². The minimum atomic E-state index is -0.718. The number of ether oxygens (including phenoxy) is 2. The lowest BCUT2D eigenvalue weighted by molar-refractivity contribution is -0.384. The van der Waals surface area contributed by atoms with Crippen LogP contribution in [0.25, 0.3) is 0 Å². The van der Waals surface area contributed by atoms with E-state index in [9.17, 15) is 24.5 Å². The predicted octanol–water partition coefficient (Wildman–Crippen LogP) is 4.84. The van der Waals surface area contributed by atoms with Gasteiger partial charge in [-0.1, -0.05) is 24.3 Å². The maximum Gasteiger partial charge on any atom is 0.343 e. The van der Waals surface area contributed by atoms with E-state index in [1.807, 2.05) is 6.07 Å². The Morgan fingerprint density at radius 1 is 0.800 bits per heavy atom. The molecule has 0 saturated heterocycles. The van der Waals surface area contributed by atoms with Crippen molar-refractivity contribution in [2.24, 2.45) is 5.10 Å². The highest BCUT2D eigenvalue weighted by Crippen LogP contribution is 2.28. The number of rotatable bonds is 9. The molecule has 2 amide bonds. The van der Waals surface area contributed by atoms with Crippen molar-refractivity contribution < 1.29 is 28.8 Å². The maximum atomic E-state index is 12.6. The fraction of sp³-hybridized carbons (Fsp3) is 0.0345. The summed E-state index contributed by atoms with van der Waals surface area (Å²) in [5.74, 6) is -1.16. The molecule has 0 aliphatic carbocycles. The van der Waals surface area contributed by atoms with Crippen LogP contribution in [0.2, 0.25) is 0 Å². The van der Waals surface area contributed by atoms with E-state index in [2.05, 4.69) is 15.8 Å². The summed E-state index contributed by atoms with van der Waals surface area (Å²) in [6.45, 7) is 0. The summed E-state index contributed by atoms with van der Waals surface area (Å²) in [4.78, 5) is 47.6. The third kappa shape index (κ3) is 6.92. The van der Waals surface area contributed by atoms with Crippen molar-refractivity contribution in [1.82, 2.24) is 5.43 Å². The molecule has 0 radical (unpaired) electrons. The number of hydrogen-bond acceptors (Lipinski definition) is 8. The highest BCUT2D eigenvalue weighted by atomic mass is 16.6. The van der Waals surface area contributed by atoms with Crippen LogP contribution in [0, 0.1) is 10.1 Å². The molecule has 0 unspecified atom stereocenters. The van der Waals surface area contributed by atoms with Crippen LogP contribution >= 0.6 is 0 Å². The number of carbonyl (C=O) groups excluding carboxylic acids is 3. The molecule has 0 aliphatic heterocycles. The number of carbonyl (C=O) groups is 3. The molecule has 0 aromatic heterocycles. The summed E-state index contributed by atoms with van der Waals surface area (Å²) in [5.41, 5.74) is 4.17. The second-order valence-electron chi connectivity index (χ2n) is 8.20. The Hall–Kier alpha value is -5.84. The summed E-state index contributed by atoms with van der Waals surface area (Å²) < 4.78 is 10.7. The van der Waals surface area contributed by atoms with Gasteiger partial charge in [-0.2, -0.15) is 5.10 Å². The Bertz CT molecular complexity index is 1590. The first-order valence-electron chi connectivity index (χ1n) is 11.8. The van der Waals surface area contributed by atoms with Gasteiger partial charge in [-0.25, -0.2) is 10.2 Å². The molecule has 2 N–H and O–H groups in total. The molecule has 4 aromatic carbocycles. The number of nitrogens with zero attached hydrogens (tertiary/aromatic N) is 2. The normalized spacial score (nSPS) is 10.5. The number of amides is 2. The molecular weight excluding hydrogens is 516 g/mol. The van der Waals surface area contributed by atoms with Crippen LogP contribution in [-0.4, -0.2) is 36.0 Å². The van der Waals surface area contributed by atoms with Crippen molar-refractivity contribution in [3.05, 3.63) is 129 Å². The van der Waals surface area contributed by atoms with Crippen LogP contribution in [0.15, 0.2) is 102 Å². The first-order valence-corrected chi connectivity index (χ1v) is 11.8. The molecule has 0 heterocycles. The number of hydrazone groups is 1. The average molecular weight is 539 g/mol. The van der Waals surface area contributed by atoms with Gasteiger partial charge in [-0.05, 0) is 66.2 Å². The predicted molar refractivity (Wildman–Crippen MR) is 147 cm³/mol. The quantitative estimate of drug-likeness (QED) is 0.102. The Morgan fingerprint density at radius 3 is 2.23 bits per heavy atom. The molecule has 0 atom stereocenters. The molecule has 4 aromatic rings. The van der Waals surface area contributed by atoms with Crippen molar-refractivity contribution in [2.75, 3.05) is 12.4 Å². The van der Waals surface area contributed by atoms with E-state index in [-0.39, 0.29) is 34.2 Å². The van der Waals surface area contributed by atoms with E-state index in [4.69, 9.17) is 9.47 Å². The number of non-ortho nitro benzene ring substituents is 1. The van der Waals surface area contributed by atoms with Gasteiger partial charge in [0.15, 0.2) is 11.5 Å². The molecular formula is C29H22N4O7. The lowest BCUT2D eigenvalue weighted by Gasteiger charge is -2.10. The zero-order valence-electron chi connectivity index (χ0n) is 21.1. The van der Waals surface area contributed by atoms with Crippen LogP contribution in [0.1, 0.15) is 36.6 Å². The van der Waals surface area contributed by atoms with Gasteiger partial charge in [0, 0.05) is 28.9 Å². The molecule has 11 nitrogen and oxygen atoms in total. The molecule has 0 spiro atoms. The topological polar surface area (TPSA) is 149 Å². The van der Waals surface area contributed by atoms with Gasteiger partial charge in [0.05, 0.1) is 23.8 Å². The highest BCUT2D eigenvalue weighted by molar-refractivity contribution is 6.05. The summed E-state index contributed by atoms with van der Waals surface area (Å²) in [6, 6.07) is 24.8. The zero-order chi connectivity index (χ0) is 28.5. The third-order valence-corrected chi connectivity index (χ3v) is 5.50. The molecule has 0 aliphatic rings. The molecule has 0 saturated carbocycles. The van der Waals surface area contributed by atoms with Crippen LogP contribution in [0.3, 0.4) is 0 Å². The smallest absolute Gasteiger partial charge is 0.343 e. The Labute approximate surface area is 228 Å². The molecule has 4 rings (SSSR count). The number of nitrogens with one attached hydrogen (secondary N) is 2. The van der Waals surface area contributed by atoms with Gasteiger partial charge in [0.25, 0.3) is 17.5 Å². The summed E-state index contributed by atoms with van der Waals surface area (Å²) in [7, 11) is 1.39. The van der Waals surface area contributed by atoms with E-state index >= 15 is 0 Å². The fourth-order valence-electron chi connectivity index (χ4n) is 3.49. The summed E-state index contributed by atoms with van der Waals surface area (Å²) in [5, 5.41) is 17.5. The zero-order valence-corrected chi connectivity index (χ0v) is 21.1. The summed E-state index contributed by atoms with van der Waals surface area (Å²) in [6.07, 6.45) is 1.38. The molecule has 0 fully saturated rings. The monoisotopic (exact) mass is 538 g/mol. The van der Waals surface area contributed by atoms with Crippen LogP contribution in [0.5, 0.6) is 11.5 Å². The molecule has 11 heteroatoms. The van der Waals surface area contributed by atoms with Gasteiger partial charge in [-0.15, -0.1) is 0 Å². The first kappa shape index (κ1) is 27.2. The van der Waals surface area contributed by atoms with E-state index in [1.165, 1.54) is 49.7 Å². The lowest BCUT2D eigenvalue weighted by atomic mass is 10.1. The fourth-order valence-corrected chi connectivity index (χ4v) is 3.49. The SMILES string of the molecule is COc1cc(C=NNC(=O)c2cccc(NC(=O)c3ccccc3)c2)ccc1OC(=O)c1ccc([N+](=O)[O-])cc1. The second kappa shape index (κ2) is 12.6. The standard InChI is InChI=1S/C29H22N4O7/c1-39-26-16-19(10-15-25(26)40-29(36)21-11-13-24(14-12-21)33(37)38)18-30-32-28(35)22-8-5-9-23(17-22)31-27(34)20-6-3-2-4-7-20/h2-18H,1H3,(H,31,34)(H,32,35). The van der Waals surface area contributed by atoms with Gasteiger partial charge >= 0.3 is 5.97 Å². The van der Waals surface area contributed by atoms with E-state index < -0.39 is 16.8 Å². The minimum absolute atomic E-state index is 0.126. The third-order valence-electron chi connectivity index (χ3n) is 5.50.